The molecule has 0 unspecified atom stereocenters. The number of ether oxygens (including phenoxy) is 3. The van der Waals surface area contributed by atoms with Gasteiger partial charge < -0.3 is 19.5 Å². The first kappa shape index (κ1) is 17.3. The molecule has 0 aliphatic carbocycles. The third kappa shape index (κ3) is 4.12. The van der Waals surface area contributed by atoms with E-state index in [0.717, 1.165) is 30.2 Å². The van der Waals surface area contributed by atoms with Gasteiger partial charge in [-0.25, -0.2) is 0 Å². The fraction of sp³-hybridized carbons (Fsp3) is 0.350. The van der Waals surface area contributed by atoms with Crippen LogP contribution in [0.2, 0.25) is 0 Å². The maximum atomic E-state index is 6.38. The van der Waals surface area contributed by atoms with Crippen molar-refractivity contribution in [3.63, 3.8) is 0 Å². The molecule has 3 rings (SSSR count). The number of nitrogens with zero attached hydrogens (tertiary/aromatic N) is 1. The van der Waals surface area contributed by atoms with Crippen LogP contribution in [0.15, 0.2) is 59.6 Å². The van der Waals surface area contributed by atoms with E-state index in [4.69, 9.17) is 14.2 Å². The summed E-state index contributed by atoms with van der Waals surface area (Å²) in [7, 11) is 1.68. The monoisotopic (exact) mass is 340 g/mol. The van der Waals surface area contributed by atoms with E-state index in [9.17, 15) is 0 Å². The maximum Gasteiger partial charge on any atom is 0.162 e. The lowest BCUT2D eigenvalue weighted by molar-refractivity contribution is 0.0396. The summed E-state index contributed by atoms with van der Waals surface area (Å²) in [5, 5.41) is 3.30. The van der Waals surface area contributed by atoms with Gasteiger partial charge in [0.15, 0.2) is 23.7 Å². The molecule has 0 spiro atoms. The van der Waals surface area contributed by atoms with E-state index in [1.807, 2.05) is 61.5 Å². The van der Waals surface area contributed by atoms with Gasteiger partial charge in [0.2, 0.25) is 0 Å². The van der Waals surface area contributed by atoms with Crippen molar-refractivity contribution in [2.45, 2.75) is 19.1 Å². The summed E-state index contributed by atoms with van der Waals surface area (Å²) in [5.41, 5.74) is 1.03. The molecule has 0 fully saturated rings. The molecule has 5 nitrogen and oxygen atoms in total. The molecule has 132 valence electrons. The van der Waals surface area contributed by atoms with Crippen molar-refractivity contribution in [3.8, 4) is 11.5 Å². The van der Waals surface area contributed by atoms with Crippen molar-refractivity contribution < 1.29 is 14.2 Å². The summed E-state index contributed by atoms with van der Waals surface area (Å²) in [6.07, 6.45) is -0.656. The lowest BCUT2D eigenvalue weighted by atomic mass is 10.0. The quantitative estimate of drug-likeness (QED) is 0.802. The lowest BCUT2D eigenvalue weighted by Gasteiger charge is -2.28. The highest BCUT2D eigenvalue weighted by Gasteiger charge is 2.31. The molecule has 1 aliphatic heterocycles. The number of benzene rings is 2. The van der Waals surface area contributed by atoms with Crippen molar-refractivity contribution in [2.75, 3.05) is 26.8 Å². The molecule has 1 aliphatic rings. The number of amidine groups is 1. The highest BCUT2D eigenvalue weighted by Crippen LogP contribution is 2.33. The maximum absolute atomic E-state index is 6.38. The van der Waals surface area contributed by atoms with E-state index in [2.05, 4.69) is 10.3 Å². The largest absolute Gasteiger partial charge is 0.490 e. The van der Waals surface area contributed by atoms with Crippen molar-refractivity contribution in [3.05, 3.63) is 60.2 Å². The summed E-state index contributed by atoms with van der Waals surface area (Å²) < 4.78 is 17.8. The van der Waals surface area contributed by atoms with E-state index >= 15 is 0 Å². The van der Waals surface area contributed by atoms with Crippen LogP contribution in [0, 0.1) is 0 Å². The number of aliphatic imine (C=N–C) groups is 1. The minimum Gasteiger partial charge on any atom is -0.490 e. The number of hydrogen-bond donors (Lipinski definition) is 1. The molecule has 0 amide bonds. The molecular formula is C20H24N2O3. The van der Waals surface area contributed by atoms with E-state index < -0.39 is 0 Å². The molecule has 0 saturated heterocycles. The second kappa shape index (κ2) is 8.53. The van der Waals surface area contributed by atoms with Crippen LogP contribution in [0.3, 0.4) is 0 Å². The van der Waals surface area contributed by atoms with E-state index in [0.29, 0.717) is 12.4 Å². The molecule has 0 aromatic heterocycles. The third-order valence-corrected chi connectivity index (χ3v) is 4.03. The van der Waals surface area contributed by atoms with Crippen LogP contribution in [0.25, 0.3) is 0 Å². The molecule has 2 atom stereocenters. The van der Waals surface area contributed by atoms with E-state index in [1.54, 1.807) is 7.11 Å². The van der Waals surface area contributed by atoms with Gasteiger partial charge >= 0.3 is 0 Å². The molecular weight excluding hydrogens is 316 g/mol. The number of nitrogens with one attached hydrogen (secondary N) is 1. The lowest BCUT2D eigenvalue weighted by Crippen LogP contribution is -2.39. The van der Waals surface area contributed by atoms with E-state index in [-0.39, 0.29) is 12.2 Å². The topological polar surface area (TPSA) is 52.1 Å². The molecule has 2 aromatic carbocycles. The fourth-order valence-electron chi connectivity index (χ4n) is 2.89. The zero-order valence-corrected chi connectivity index (χ0v) is 14.6. The first-order chi connectivity index (χ1) is 12.3. The molecule has 1 heterocycles. The second-order valence-corrected chi connectivity index (χ2v) is 5.68. The minimum atomic E-state index is -0.336. The summed E-state index contributed by atoms with van der Waals surface area (Å²) in [6, 6.07) is 17.8. The van der Waals surface area contributed by atoms with Crippen LogP contribution in [0.1, 0.15) is 18.6 Å². The number of hydrogen-bond acceptors (Lipinski definition) is 5. The molecule has 1 N–H and O–H groups in total. The smallest absolute Gasteiger partial charge is 0.162 e. The van der Waals surface area contributed by atoms with Gasteiger partial charge in [0.1, 0.15) is 5.84 Å². The minimum absolute atomic E-state index is 0.320. The Bertz CT molecular complexity index is 703. The highest BCUT2D eigenvalue weighted by molar-refractivity contribution is 5.88. The summed E-state index contributed by atoms with van der Waals surface area (Å²) in [4.78, 5) is 4.52. The predicted molar refractivity (Wildman–Crippen MR) is 98.5 cm³/mol. The zero-order chi connectivity index (χ0) is 17.5. The third-order valence-electron chi connectivity index (χ3n) is 4.03. The SMILES string of the molecule is CCOc1ccccc1O[C@@H](c1ccccc1)[C@H](OC)C1=NCCN1. The van der Waals surface area contributed by atoms with Crippen LogP contribution in [0.4, 0.5) is 0 Å². The Morgan fingerprint density at radius 3 is 2.36 bits per heavy atom. The summed E-state index contributed by atoms with van der Waals surface area (Å²) in [6.45, 7) is 4.12. The number of para-hydroxylation sites is 2. The Labute approximate surface area is 148 Å². The zero-order valence-electron chi connectivity index (χ0n) is 14.6. The Morgan fingerprint density at radius 1 is 1.00 bits per heavy atom. The van der Waals surface area contributed by atoms with Gasteiger partial charge in [0, 0.05) is 13.7 Å². The summed E-state index contributed by atoms with van der Waals surface area (Å²) >= 11 is 0. The van der Waals surface area contributed by atoms with Gasteiger partial charge in [-0.3, -0.25) is 4.99 Å². The van der Waals surface area contributed by atoms with Crippen molar-refractivity contribution >= 4 is 5.84 Å². The normalized spacial score (nSPS) is 15.8. The van der Waals surface area contributed by atoms with Crippen LogP contribution < -0.4 is 14.8 Å². The predicted octanol–water partition coefficient (Wildman–Crippen LogP) is 3.22. The molecule has 0 radical (unpaired) electrons. The second-order valence-electron chi connectivity index (χ2n) is 5.68. The van der Waals surface area contributed by atoms with Gasteiger partial charge in [-0.15, -0.1) is 0 Å². The van der Waals surface area contributed by atoms with Crippen LogP contribution in [0.5, 0.6) is 11.5 Å². The van der Waals surface area contributed by atoms with Gasteiger partial charge in [-0.2, -0.15) is 0 Å². The fourth-order valence-corrected chi connectivity index (χ4v) is 2.89. The Kier molecular flexibility index (Phi) is 5.90. The van der Waals surface area contributed by atoms with Crippen molar-refractivity contribution in [1.82, 2.24) is 5.32 Å². The standard InChI is InChI=1S/C20H24N2O3/c1-3-24-16-11-7-8-12-17(16)25-18(15-9-5-4-6-10-15)19(23-2)20-21-13-14-22-20/h4-12,18-19H,3,13-14H2,1-2H3,(H,21,22)/t18-,19-/m0/s1. The van der Waals surface area contributed by atoms with Gasteiger partial charge in [0.05, 0.1) is 13.2 Å². The molecule has 0 saturated carbocycles. The highest BCUT2D eigenvalue weighted by atomic mass is 16.6. The van der Waals surface area contributed by atoms with E-state index in [1.165, 1.54) is 0 Å². The molecule has 2 aromatic rings. The van der Waals surface area contributed by atoms with Crippen LogP contribution in [-0.4, -0.2) is 38.7 Å². The first-order valence-electron chi connectivity index (χ1n) is 8.58. The average molecular weight is 340 g/mol. The Balaban J connectivity index is 1.94. The number of methoxy groups -OCH3 is 1. The molecule has 25 heavy (non-hydrogen) atoms. The van der Waals surface area contributed by atoms with Crippen LogP contribution >= 0.6 is 0 Å². The Hall–Kier alpha value is -2.53. The Morgan fingerprint density at radius 2 is 1.72 bits per heavy atom. The van der Waals surface area contributed by atoms with Gasteiger partial charge in [-0.1, -0.05) is 42.5 Å². The van der Waals surface area contributed by atoms with Crippen molar-refractivity contribution in [1.29, 1.82) is 0 Å². The summed E-state index contributed by atoms with van der Waals surface area (Å²) in [5.74, 6) is 2.24. The van der Waals surface area contributed by atoms with Crippen molar-refractivity contribution in [2.24, 2.45) is 4.99 Å². The number of rotatable bonds is 8. The van der Waals surface area contributed by atoms with Crippen LogP contribution in [-0.2, 0) is 4.74 Å². The molecule has 0 bridgehead atoms. The average Bonchev–Trinajstić information content (AvgIpc) is 3.18. The van der Waals surface area contributed by atoms with Gasteiger partial charge in [0.25, 0.3) is 0 Å². The van der Waals surface area contributed by atoms with Gasteiger partial charge in [-0.05, 0) is 24.6 Å². The first-order valence-corrected chi connectivity index (χ1v) is 8.58. The molecule has 5 heteroatoms.